The first-order valence-corrected chi connectivity index (χ1v) is 13.9. The maximum atomic E-state index is 13.8. The van der Waals surface area contributed by atoms with Gasteiger partial charge in [-0.2, -0.15) is 9.97 Å². The Morgan fingerprint density at radius 1 is 1.07 bits per heavy atom. The van der Waals surface area contributed by atoms with Crippen LogP contribution in [-0.2, 0) is 23.9 Å². The van der Waals surface area contributed by atoms with E-state index < -0.39 is 54.7 Å². The first-order chi connectivity index (χ1) is 22.2. The van der Waals surface area contributed by atoms with Crippen molar-refractivity contribution in [1.29, 1.82) is 0 Å². The molecule has 1 saturated heterocycles. The van der Waals surface area contributed by atoms with Crippen LogP contribution in [0.1, 0.15) is 26.5 Å². The molecule has 46 heavy (non-hydrogen) atoms. The Labute approximate surface area is 260 Å². The molecule has 0 saturated carbocycles. The highest BCUT2D eigenvalue weighted by Crippen LogP contribution is 2.40. The normalized spacial score (nSPS) is 18.7. The molecule has 2 amide bonds. The molecular formula is C29H27N9O8. The number of aromatic nitrogens is 4. The number of carbonyl (C=O) groups excluding carboxylic acids is 3. The molecule has 17 nitrogen and oxygen atoms in total. The number of aliphatic carboxylic acids is 1. The lowest BCUT2D eigenvalue weighted by Gasteiger charge is -2.23. The summed E-state index contributed by atoms with van der Waals surface area (Å²) in [7, 11) is 0. The fourth-order valence-electron chi connectivity index (χ4n) is 5.09. The summed E-state index contributed by atoms with van der Waals surface area (Å²) in [4.78, 5) is 66.6. The number of fused-ring (bicyclic) bond motifs is 1. The van der Waals surface area contributed by atoms with Gasteiger partial charge in [0.15, 0.2) is 23.5 Å². The van der Waals surface area contributed by atoms with Crippen LogP contribution in [0.3, 0.4) is 0 Å². The number of benzene rings is 2. The summed E-state index contributed by atoms with van der Waals surface area (Å²) in [6.07, 6.45) is -3.41. The van der Waals surface area contributed by atoms with Crippen molar-refractivity contribution < 1.29 is 38.5 Å². The minimum absolute atomic E-state index is 0.00631. The summed E-state index contributed by atoms with van der Waals surface area (Å²) in [6.45, 7) is 2.14. The lowest BCUT2D eigenvalue weighted by Crippen LogP contribution is -2.33. The van der Waals surface area contributed by atoms with Gasteiger partial charge in [0.05, 0.1) is 36.8 Å². The summed E-state index contributed by atoms with van der Waals surface area (Å²) in [6, 6.07) is 17.5. The van der Waals surface area contributed by atoms with Gasteiger partial charge in [0.1, 0.15) is 0 Å². The van der Waals surface area contributed by atoms with Crippen LogP contribution < -0.4 is 15.0 Å². The molecule has 4 aromatic rings. The predicted molar refractivity (Wildman–Crippen MR) is 160 cm³/mol. The highest BCUT2D eigenvalue weighted by molar-refractivity contribution is 5.98. The molecule has 17 heteroatoms. The predicted octanol–water partition coefficient (Wildman–Crippen LogP) is 4.35. The molecular weight excluding hydrogens is 602 g/mol. The third kappa shape index (κ3) is 6.85. The number of imidazole rings is 1. The Kier molecular flexibility index (Phi) is 9.35. The molecule has 2 N–H and O–H groups in total. The Morgan fingerprint density at radius 2 is 1.72 bits per heavy atom. The number of hydrogen-bond donors (Lipinski definition) is 2. The summed E-state index contributed by atoms with van der Waals surface area (Å²) in [5.74, 6) is -3.92. The summed E-state index contributed by atoms with van der Waals surface area (Å²) < 4.78 is 18.7. The average molecular weight is 630 g/mol. The minimum Gasteiger partial charge on any atom is -0.481 e. The average Bonchev–Trinajstić information content (AvgIpc) is 3.57. The smallest absolute Gasteiger partial charge is 0.425 e. The van der Waals surface area contributed by atoms with Gasteiger partial charge in [0, 0.05) is 24.7 Å². The van der Waals surface area contributed by atoms with E-state index >= 15 is 0 Å². The fraction of sp³-hybridized carbons (Fsp3) is 0.276. The number of amides is 2. The first-order valence-electron chi connectivity index (χ1n) is 13.9. The zero-order chi connectivity index (χ0) is 32.8. The van der Waals surface area contributed by atoms with Crippen LogP contribution in [0, 0.1) is 5.92 Å². The number of carboxylic acid groups (broad SMARTS) is 1. The number of nitrogens with zero attached hydrogens (tertiary/aromatic N) is 8. The number of rotatable bonds is 10. The molecule has 5 rings (SSSR count). The molecule has 236 valence electrons. The lowest BCUT2D eigenvalue weighted by atomic mass is 9.94. The molecule has 0 aliphatic carbocycles. The first kappa shape index (κ1) is 31.4. The number of ether oxygens (including phenoxy) is 3. The van der Waals surface area contributed by atoms with Crippen molar-refractivity contribution in [2.24, 2.45) is 11.0 Å². The van der Waals surface area contributed by atoms with Crippen LogP contribution in [0.5, 0.6) is 5.88 Å². The van der Waals surface area contributed by atoms with Crippen LogP contribution in [0.2, 0.25) is 0 Å². The van der Waals surface area contributed by atoms with E-state index in [-0.39, 0.29) is 29.5 Å². The van der Waals surface area contributed by atoms with Gasteiger partial charge in [0.2, 0.25) is 11.9 Å². The van der Waals surface area contributed by atoms with E-state index in [2.05, 4.69) is 30.3 Å². The van der Waals surface area contributed by atoms with Gasteiger partial charge in [-0.25, -0.2) is 14.7 Å². The quantitative estimate of drug-likeness (QED) is 0.108. The van der Waals surface area contributed by atoms with Gasteiger partial charge in [-0.3, -0.25) is 24.3 Å². The number of esters is 1. The monoisotopic (exact) mass is 629 g/mol. The third-order valence-electron chi connectivity index (χ3n) is 6.88. The highest BCUT2D eigenvalue weighted by Gasteiger charge is 2.49. The molecule has 0 radical (unpaired) electrons. The largest absolute Gasteiger partial charge is 0.481 e. The van der Waals surface area contributed by atoms with Crippen LogP contribution in [-0.4, -0.2) is 67.3 Å². The van der Waals surface area contributed by atoms with Gasteiger partial charge >= 0.3 is 18.0 Å². The van der Waals surface area contributed by atoms with Crippen LogP contribution in [0.4, 0.5) is 22.1 Å². The molecule has 1 aliphatic heterocycles. The van der Waals surface area contributed by atoms with E-state index in [1.54, 1.807) is 60.7 Å². The Hall–Kier alpha value is -6.06. The Bertz CT molecular complexity index is 1770. The third-order valence-corrected chi connectivity index (χ3v) is 6.88. The van der Waals surface area contributed by atoms with Gasteiger partial charge in [-0.05, 0) is 29.8 Å². The molecule has 0 spiro atoms. The molecule has 0 bridgehead atoms. The van der Waals surface area contributed by atoms with Gasteiger partial charge in [-0.15, -0.1) is 0 Å². The SMILES string of the molecule is CC(=O)Nc1nc(OC(=O)N(c2ccccc2)c2ccccc2)c2ncn([C@@H]3O[C@H](CN=[N+]=[N-])[C@@H](CC(=O)O)[C@H]3OC(C)=O)c2n1. The van der Waals surface area contributed by atoms with E-state index in [1.807, 2.05) is 0 Å². The van der Waals surface area contributed by atoms with Gasteiger partial charge < -0.3 is 19.3 Å². The Balaban J connectivity index is 1.59. The second-order valence-corrected chi connectivity index (χ2v) is 10.0. The minimum atomic E-state index is -1.20. The zero-order valence-electron chi connectivity index (χ0n) is 24.5. The topological polar surface area (TPSA) is 224 Å². The maximum Gasteiger partial charge on any atom is 0.425 e. The van der Waals surface area contributed by atoms with Crippen LogP contribution >= 0.6 is 0 Å². The Morgan fingerprint density at radius 3 is 2.28 bits per heavy atom. The standard InChI is InChI=1S/C29H27N9O8/c1-16(39)33-28-34-25-23(26(35-28)46-29(43)38(18-9-5-3-6-10-18)19-11-7-4-8-12-19)31-15-37(25)27-24(44-17(2)40)20(13-22(41)42)21(45-27)14-32-36-30/h3-12,15,20-21,24,27H,13-14H2,1-2H3,(H,41,42)(H,33,34,35,39)/t20-,21-,24-,27-/m1/s1. The van der Waals surface area contributed by atoms with Crippen LogP contribution in [0.15, 0.2) is 72.1 Å². The lowest BCUT2D eigenvalue weighted by molar-refractivity contribution is -0.155. The van der Waals surface area contributed by atoms with Crippen molar-refractivity contribution in [3.8, 4) is 5.88 Å². The summed E-state index contributed by atoms with van der Waals surface area (Å²) in [5.41, 5.74) is 9.84. The van der Waals surface area contributed by atoms with Gasteiger partial charge in [0.25, 0.3) is 5.88 Å². The van der Waals surface area contributed by atoms with Crippen LogP contribution in [0.25, 0.3) is 21.6 Å². The highest BCUT2D eigenvalue weighted by atomic mass is 16.6. The number of carboxylic acids is 1. The number of para-hydroxylation sites is 2. The fourth-order valence-corrected chi connectivity index (χ4v) is 5.09. The summed E-state index contributed by atoms with van der Waals surface area (Å²) >= 11 is 0. The maximum absolute atomic E-state index is 13.8. The van der Waals surface area contributed by atoms with E-state index in [0.29, 0.717) is 11.4 Å². The van der Waals surface area contributed by atoms with Crippen molar-refractivity contribution in [3.63, 3.8) is 0 Å². The van der Waals surface area contributed by atoms with Crippen molar-refractivity contribution in [2.75, 3.05) is 16.8 Å². The molecule has 0 unspecified atom stereocenters. The molecule has 3 heterocycles. The van der Waals surface area contributed by atoms with Gasteiger partial charge in [-0.1, -0.05) is 41.5 Å². The van der Waals surface area contributed by atoms with Crippen molar-refractivity contribution in [3.05, 3.63) is 77.4 Å². The number of nitrogens with one attached hydrogen (secondary N) is 1. The molecule has 4 atom stereocenters. The second-order valence-electron chi connectivity index (χ2n) is 10.0. The zero-order valence-corrected chi connectivity index (χ0v) is 24.5. The second kappa shape index (κ2) is 13.7. The molecule has 1 aliphatic rings. The van der Waals surface area contributed by atoms with E-state index in [0.717, 1.165) is 6.92 Å². The van der Waals surface area contributed by atoms with E-state index in [4.69, 9.17) is 19.7 Å². The number of anilines is 3. The van der Waals surface area contributed by atoms with E-state index in [9.17, 15) is 24.3 Å². The summed E-state index contributed by atoms with van der Waals surface area (Å²) in [5, 5.41) is 15.6. The van der Waals surface area contributed by atoms with Crippen molar-refractivity contribution in [2.45, 2.75) is 38.7 Å². The van der Waals surface area contributed by atoms with Crippen molar-refractivity contribution >= 4 is 52.4 Å². The molecule has 1 fully saturated rings. The van der Waals surface area contributed by atoms with Crippen molar-refractivity contribution in [1.82, 2.24) is 19.5 Å². The number of hydrogen-bond acceptors (Lipinski definition) is 11. The van der Waals surface area contributed by atoms with E-state index in [1.165, 1.54) is 22.7 Å². The molecule has 2 aromatic heterocycles. The molecule has 2 aromatic carbocycles. The number of carbonyl (C=O) groups is 4. The number of azide groups is 1.